The maximum absolute atomic E-state index is 11.1. The van der Waals surface area contributed by atoms with Crippen molar-refractivity contribution in [2.24, 2.45) is 5.92 Å². The molecule has 0 aliphatic carbocycles. The van der Waals surface area contributed by atoms with Crippen LogP contribution in [0.1, 0.15) is 40.5 Å². The van der Waals surface area contributed by atoms with Gasteiger partial charge >= 0.3 is 0 Å². The molecule has 0 aliphatic heterocycles. The van der Waals surface area contributed by atoms with Gasteiger partial charge in [-0.3, -0.25) is 9.18 Å². The highest BCUT2D eigenvalue weighted by Crippen LogP contribution is 1.88. The van der Waals surface area contributed by atoms with E-state index in [1.54, 1.807) is 0 Å². The van der Waals surface area contributed by atoms with Crippen LogP contribution in [0.4, 0.5) is 4.39 Å². The van der Waals surface area contributed by atoms with E-state index in [1.807, 2.05) is 27.7 Å². The summed E-state index contributed by atoms with van der Waals surface area (Å²) in [6.45, 7) is 7.26. The number of rotatable bonds is 3. The van der Waals surface area contributed by atoms with E-state index in [0.29, 0.717) is 18.6 Å². The Hall–Kier alpha value is -0.400. The minimum atomic E-state index is -0.194. The lowest BCUT2D eigenvalue weighted by Crippen LogP contribution is -1.88. The van der Waals surface area contributed by atoms with Crippen molar-refractivity contribution >= 4 is 5.78 Å². The molecule has 0 radical (unpaired) electrons. The first-order valence-electron chi connectivity index (χ1n) is 4.16. The summed E-state index contributed by atoms with van der Waals surface area (Å²) in [7, 11) is 0. The first-order chi connectivity index (χ1) is 5.08. The maximum Gasteiger partial charge on any atom is 0.132 e. The Morgan fingerprint density at radius 1 is 1.27 bits per heavy atom. The van der Waals surface area contributed by atoms with E-state index >= 15 is 0 Å². The molecule has 2 heteroatoms. The van der Waals surface area contributed by atoms with E-state index in [-0.39, 0.29) is 12.6 Å². The van der Waals surface area contributed by atoms with E-state index in [4.69, 9.17) is 0 Å². The third-order valence-electron chi connectivity index (χ3n) is 1.10. The molecule has 0 aromatic heterocycles. The third kappa shape index (κ3) is 17.7. The summed E-state index contributed by atoms with van der Waals surface area (Å²) in [4.78, 5) is 10.2. The lowest BCUT2D eigenvalue weighted by Gasteiger charge is -1.87. The average Bonchev–Trinajstić information content (AvgIpc) is 2.04. The van der Waals surface area contributed by atoms with Gasteiger partial charge in [-0.2, -0.15) is 0 Å². The van der Waals surface area contributed by atoms with Gasteiger partial charge in [0.15, 0.2) is 0 Å². The van der Waals surface area contributed by atoms with Gasteiger partial charge in [0.25, 0.3) is 0 Å². The molecule has 11 heavy (non-hydrogen) atoms. The highest BCUT2D eigenvalue weighted by Gasteiger charge is 1.86. The Morgan fingerprint density at radius 3 is 1.55 bits per heavy atom. The monoisotopic (exact) mass is 162 g/mol. The number of carbonyl (C=O) groups excluding carboxylic acids is 1. The Bertz CT molecular complexity index is 83.6. The summed E-state index contributed by atoms with van der Waals surface area (Å²) >= 11 is 0. The van der Waals surface area contributed by atoms with E-state index in [9.17, 15) is 9.18 Å². The van der Waals surface area contributed by atoms with Gasteiger partial charge < -0.3 is 0 Å². The molecule has 0 bridgehead atoms. The van der Waals surface area contributed by atoms with Crippen LogP contribution in [0.25, 0.3) is 0 Å². The van der Waals surface area contributed by atoms with Crippen LogP contribution in [-0.2, 0) is 4.79 Å². The predicted octanol–water partition coefficient (Wildman–Crippen LogP) is 2.99. The fourth-order valence-electron chi connectivity index (χ4n) is 0.250. The molecule has 0 spiro atoms. The van der Waals surface area contributed by atoms with Crippen molar-refractivity contribution in [1.82, 2.24) is 0 Å². The summed E-state index contributed by atoms with van der Waals surface area (Å²) in [6, 6.07) is 0. The first-order valence-corrected chi connectivity index (χ1v) is 4.16. The van der Waals surface area contributed by atoms with E-state index in [2.05, 4.69) is 0 Å². The zero-order valence-electron chi connectivity index (χ0n) is 7.98. The molecule has 0 aromatic rings. The number of hydrogen-bond donors (Lipinski definition) is 0. The van der Waals surface area contributed by atoms with Crippen molar-refractivity contribution in [2.75, 3.05) is 6.67 Å². The number of ketones is 1. The van der Waals surface area contributed by atoms with E-state index in [1.165, 1.54) is 0 Å². The standard InChI is InChI=1S/C5H10O.C4H9F/c1-3-5(6)4-2;1-4(2)3-5/h3-4H2,1-2H3;4H,3H2,1-2H3. The molecule has 0 saturated heterocycles. The predicted molar refractivity (Wildman–Crippen MR) is 46.4 cm³/mol. The Kier molecular flexibility index (Phi) is 11.5. The van der Waals surface area contributed by atoms with Crippen LogP contribution in [0.2, 0.25) is 0 Å². The normalized spacial score (nSPS) is 8.91. The minimum Gasteiger partial charge on any atom is -0.300 e. The quantitative estimate of drug-likeness (QED) is 0.623. The Balaban J connectivity index is 0. The van der Waals surface area contributed by atoms with Crippen LogP contribution in [-0.4, -0.2) is 12.5 Å². The lowest BCUT2D eigenvalue weighted by atomic mass is 10.3. The highest BCUT2D eigenvalue weighted by molar-refractivity contribution is 5.77. The lowest BCUT2D eigenvalue weighted by molar-refractivity contribution is -0.118. The second-order valence-corrected chi connectivity index (χ2v) is 2.79. The molecule has 0 fully saturated rings. The van der Waals surface area contributed by atoms with Gasteiger partial charge in [0.05, 0.1) is 6.67 Å². The molecule has 68 valence electrons. The molecule has 1 nitrogen and oxygen atoms in total. The second-order valence-electron chi connectivity index (χ2n) is 2.79. The largest absolute Gasteiger partial charge is 0.300 e. The van der Waals surface area contributed by atoms with Crippen molar-refractivity contribution in [3.8, 4) is 0 Å². The molecular weight excluding hydrogens is 143 g/mol. The van der Waals surface area contributed by atoms with Gasteiger partial charge in [-0.05, 0) is 5.92 Å². The van der Waals surface area contributed by atoms with Gasteiger partial charge in [0.1, 0.15) is 5.78 Å². The number of hydrogen-bond acceptors (Lipinski definition) is 1. The molecule has 0 amide bonds. The van der Waals surface area contributed by atoms with Gasteiger partial charge in [-0.15, -0.1) is 0 Å². The van der Waals surface area contributed by atoms with Crippen LogP contribution < -0.4 is 0 Å². The van der Waals surface area contributed by atoms with Gasteiger partial charge in [0, 0.05) is 12.8 Å². The minimum absolute atomic E-state index is 0.194. The van der Waals surface area contributed by atoms with Crippen LogP contribution in [0.3, 0.4) is 0 Å². The summed E-state index contributed by atoms with van der Waals surface area (Å²) in [5, 5.41) is 0. The molecular formula is C9H19FO. The van der Waals surface area contributed by atoms with Crippen LogP contribution in [0, 0.1) is 5.92 Å². The summed E-state index contributed by atoms with van der Waals surface area (Å²) in [5.74, 6) is 0.560. The molecule has 0 N–H and O–H groups in total. The van der Waals surface area contributed by atoms with Crippen LogP contribution in [0.5, 0.6) is 0 Å². The number of alkyl halides is 1. The van der Waals surface area contributed by atoms with Crippen molar-refractivity contribution < 1.29 is 9.18 Å². The SMILES string of the molecule is CC(C)CF.CCC(=O)CC. The van der Waals surface area contributed by atoms with Crippen molar-refractivity contribution in [3.63, 3.8) is 0 Å². The van der Waals surface area contributed by atoms with Crippen molar-refractivity contribution in [2.45, 2.75) is 40.5 Å². The smallest absolute Gasteiger partial charge is 0.132 e. The summed E-state index contributed by atoms with van der Waals surface area (Å²) in [6.07, 6.45) is 1.38. The molecule has 0 atom stereocenters. The van der Waals surface area contributed by atoms with Gasteiger partial charge in [0.2, 0.25) is 0 Å². The van der Waals surface area contributed by atoms with Crippen molar-refractivity contribution in [1.29, 1.82) is 0 Å². The van der Waals surface area contributed by atoms with E-state index < -0.39 is 0 Å². The van der Waals surface area contributed by atoms with Gasteiger partial charge in [-0.25, -0.2) is 0 Å². The zero-order valence-corrected chi connectivity index (χ0v) is 7.98. The third-order valence-corrected chi connectivity index (χ3v) is 1.10. The Morgan fingerprint density at radius 2 is 1.55 bits per heavy atom. The van der Waals surface area contributed by atoms with E-state index in [0.717, 1.165) is 0 Å². The molecule has 0 aliphatic rings. The van der Waals surface area contributed by atoms with Crippen LogP contribution >= 0.6 is 0 Å². The fourth-order valence-corrected chi connectivity index (χ4v) is 0.250. The summed E-state index contributed by atoms with van der Waals surface area (Å²) in [5.41, 5.74) is 0. The molecule has 0 unspecified atom stereocenters. The fraction of sp³-hybridized carbons (Fsp3) is 0.889. The van der Waals surface area contributed by atoms with Crippen molar-refractivity contribution in [3.05, 3.63) is 0 Å². The maximum atomic E-state index is 11.1. The highest BCUT2D eigenvalue weighted by atomic mass is 19.1. The first kappa shape index (κ1) is 13.2. The molecule has 0 aromatic carbocycles. The number of halogens is 1. The topological polar surface area (TPSA) is 17.1 Å². The number of carbonyl (C=O) groups is 1. The van der Waals surface area contributed by atoms with Gasteiger partial charge in [-0.1, -0.05) is 27.7 Å². The molecule has 0 heterocycles. The summed E-state index contributed by atoms with van der Waals surface area (Å²) < 4.78 is 11.1. The Labute approximate surface area is 69.0 Å². The zero-order chi connectivity index (χ0) is 9.28. The number of Topliss-reactive ketones (excluding diaryl/α,β-unsaturated/α-hetero) is 1. The molecule has 0 rings (SSSR count). The average molecular weight is 162 g/mol. The molecule has 0 saturated carbocycles. The second kappa shape index (κ2) is 9.60. The van der Waals surface area contributed by atoms with Crippen LogP contribution in [0.15, 0.2) is 0 Å².